The van der Waals surface area contributed by atoms with Gasteiger partial charge in [-0.25, -0.2) is 0 Å². The quantitative estimate of drug-likeness (QED) is 0.827. The van der Waals surface area contributed by atoms with Gasteiger partial charge in [0.2, 0.25) is 0 Å². The maximum Gasteiger partial charge on any atom is 0.150 e. The van der Waals surface area contributed by atoms with Crippen LogP contribution in [0.15, 0.2) is 10.6 Å². The Kier molecular flexibility index (Phi) is 6.31. The molecular formula is C19H32N2O3. The molecule has 1 atom stereocenters. The van der Waals surface area contributed by atoms with Crippen LogP contribution in [0.3, 0.4) is 0 Å². The molecule has 2 heterocycles. The van der Waals surface area contributed by atoms with Gasteiger partial charge >= 0.3 is 0 Å². The molecule has 1 N–H and O–H groups in total. The van der Waals surface area contributed by atoms with Gasteiger partial charge in [0.1, 0.15) is 0 Å². The summed E-state index contributed by atoms with van der Waals surface area (Å²) in [7, 11) is 1.73. The summed E-state index contributed by atoms with van der Waals surface area (Å²) in [6, 6.07) is 2.17. The van der Waals surface area contributed by atoms with E-state index in [4.69, 9.17) is 9.26 Å². The van der Waals surface area contributed by atoms with Crippen molar-refractivity contribution in [1.29, 1.82) is 0 Å². The first-order valence-electron chi connectivity index (χ1n) is 9.52. The van der Waals surface area contributed by atoms with E-state index in [-0.39, 0.29) is 12.0 Å². The Morgan fingerprint density at radius 3 is 2.92 bits per heavy atom. The standard InChI is InChI=1S/C19H32N2O3/c1-23-11-9-19(15-22)8-5-10-21(14-19)13-17-12-18(20-24-17)16-6-3-2-4-7-16/h12,16,22H,2-11,13-15H2,1H3. The second kappa shape index (κ2) is 8.45. The molecule has 5 heteroatoms. The number of likely N-dealkylation sites (tertiary alicyclic amines) is 1. The third kappa shape index (κ3) is 4.38. The maximum atomic E-state index is 9.91. The van der Waals surface area contributed by atoms with Crippen molar-refractivity contribution < 1.29 is 14.4 Å². The van der Waals surface area contributed by atoms with Gasteiger partial charge < -0.3 is 14.4 Å². The number of methoxy groups -OCH3 is 1. The number of piperidine rings is 1. The van der Waals surface area contributed by atoms with Crippen LogP contribution in [0.5, 0.6) is 0 Å². The van der Waals surface area contributed by atoms with E-state index in [2.05, 4.69) is 16.1 Å². The molecule has 1 aliphatic heterocycles. The molecule has 0 bridgehead atoms. The molecule has 136 valence electrons. The normalized spacial score (nSPS) is 26.8. The lowest BCUT2D eigenvalue weighted by Crippen LogP contribution is -2.45. The predicted octanol–water partition coefficient (Wildman–Crippen LogP) is 3.33. The van der Waals surface area contributed by atoms with Crippen molar-refractivity contribution in [3.05, 3.63) is 17.5 Å². The zero-order chi connectivity index (χ0) is 16.8. The van der Waals surface area contributed by atoms with Crippen LogP contribution in [0.2, 0.25) is 0 Å². The SMILES string of the molecule is COCCC1(CO)CCCN(Cc2cc(C3CCCCC3)no2)C1. The number of rotatable bonds is 7. The highest BCUT2D eigenvalue weighted by Crippen LogP contribution is 2.35. The average molecular weight is 336 g/mol. The smallest absolute Gasteiger partial charge is 0.150 e. The molecule has 24 heavy (non-hydrogen) atoms. The van der Waals surface area contributed by atoms with E-state index in [1.807, 2.05) is 0 Å². The van der Waals surface area contributed by atoms with Gasteiger partial charge in [-0.2, -0.15) is 0 Å². The van der Waals surface area contributed by atoms with Gasteiger partial charge in [-0.3, -0.25) is 4.90 Å². The number of nitrogens with zero attached hydrogens (tertiary/aromatic N) is 2. The number of aliphatic hydroxyl groups excluding tert-OH is 1. The lowest BCUT2D eigenvalue weighted by Gasteiger charge is -2.41. The Morgan fingerprint density at radius 2 is 2.17 bits per heavy atom. The molecule has 1 saturated heterocycles. The Balaban J connectivity index is 1.58. The minimum absolute atomic E-state index is 0.0273. The summed E-state index contributed by atoms with van der Waals surface area (Å²) < 4.78 is 10.9. The Bertz CT molecular complexity index is 499. The van der Waals surface area contributed by atoms with E-state index in [0.29, 0.717) is 12.5 Å². The third-order valence-electron chi connectivity index (χ3n) is 5.89. The lowest BCUT2D eigenvalue weighted by atomic mass is 9.78. The largest absolute Gasteiger partial charge is 0.396 e. The molecule has 5 nitrogen and oxygen atoms in total. The van der Waals surface area contributed by atoms with Crippen LogP contribution in [0, 0.1) is 5.41 Å². The van der Waals surface area contributed by atoms with E-state index in [1.54, 1.807) is 7.11 Å². The number of hydrogen-bond donors (Lipinski definition) is 1. The molecule has 2 fully saturated rings. The van der Waals surface area contributed by atoms with Crippen molar-refractivity contribution in [3.8, 4) is 0 Å². The number of hydrogen-bond acceptors (Lipinski definition) is 5. The van der Waals surface area contributed by atoms with Crippen molar-refractivity contribution in [2.45, 2.75) is 63.8 Å². The fourth-order valence-electron chi connectivity index (χ4n) is 4.39. The lowest BCUT2D eigenvalue weighted by molar-refractivity contribution is 0.00228. The van der Waals surface area contributed by atoms with Gasteiger partial charge in [0.05, 0.1) is 18.8 Å². The van der Waals surface area contributed by atoms with Crippen LogP contribution in [0.25, 0.3) is 0 Å². The molecule has 0 radical (unpaired) electrons. The van der Waals surface area contributed by atoms with Gasteiger partial charge in [-0.05, 0) is 38.6 Å². The predicted molar refractivity (Wildman–Crippen MR) is 92.9 cm³/mol. The molecule has 2 aliphatic rings. The highest BCUT2D eigenvalue weighted by atomic mass is 16.5. The van der Waals surface area contributed by atoms with Gasteiger partial charge in [-0.15, -0.1) is 0 Å². The summed E-state index contributed by atoms with van der Waals surface area (Å²) in [5.74, 6) is 1.56. The zero-order valence-electron chi connectivity index (χ0n) is 15.0. The van der Waals surface area contributed by atoms with Crippen LogP contribution in [-0.2, 0) is 11.3 Å². The van der Waals surface area contributed by atoms with E-state index in [0.717, 1.165) is 50.4 Å². The first-order valence-corrected chi connectivity index (χ1v) is 9.52. The molecule has 1 unspecified atom stereocenters. The molecule has 0 spiro atoms. The molecule has 3 rings (SSSR count). The van der Waals surface area contributed by atoms with Crippen molar-refractivity contribution >= 4 is 0 Å². The van der Waals surface area contributed by atoms with Gasteiger partial charge in [-0.1, -0.05) is 24.4 Å². The Morgan fingerprint density at radius 1 is 1.33 bits per heavy atom. The van der Waals surface area contributed by atoms with Crippen molar-refractivity contribution in [1.82, 2.24) is 10.1 Å². The Labute approximate surface area is 145 Å². The van der Waals surface area contributed by atoms with Gasteiger partial charge in [0, 0.05) is 37.7 Å². The van der Waals surface area contributed by atoms with Crippen molar-refractivity contribution in [3.63, 3.8) is 0 Å². The second-order valence-electron chi connectivity index (χ2n) is 7.77. The van der Waals surface area contributed by atoms with Gasteiger partial charge in [0.25, 0.3) is 0 Å². The molecule has 0 aromatic carbocycles. The monoisotopic (exact) mass is 336 g/mol. The van der Waals surface area contributed by atoms with E-state index >= 15 is 0 Å². The minimum atomic E-state index is -0.0273. The van der Waals surface area contributed by atoms with Crippen LogP contribution in [0.1, 0.15) is 68.7 Å². The van der Waals surface area contributed by atoms with Gasteiger partial charge in [0.15, 0.2) is 5.76 Å². The zero-order valence-corrected chi connectivity index (χ0v) is 15.0. The summed E-state index contributed by atoms with van der Waals surface area (Å²) in [5.41, 5.74) is 1.12. The molecular weight excluding hydrogens is 304 g/mol. The number of ether oxygens (including phenoxy) is 1. The molecule has 1 aromatic heterocycles. The highest BCUT2D eigenvalue weighted by molar-refractivity contribution is 5.11. The Hall–Kier alpha value is -0.910. The van der Waals surface area contributed by atoms with E-state index in [9.17, 15) is 5.11 Å². The van der Waals surface area contributed by atoms with E-state index in [1.165, 1.54) is 32.1 Å². The van der Waals surface area contributed by atoms with Crippen LogP contribution in [0.4, 0.5) is 0 Å². The fraction of sp³-hybridized carbons (Fsp3) is 0.842. The third-order valence-corrected chi connectivity index (χ3v) is 5.89. The van der Waals surface area contributed by atoms with E-state index < -0.39 is 0 Å². The van der Waals surface area contributed by atoms with Crippen molar-refractivity contribution in [2.75, 3.05) is 33.4 Å². The highest BCUT2D eigenvalue weighted by Gasteiger charge is 2.35. The van der Waals surface area contributed by atoms with Crippen LogP contribution in [-0.4, -0.2) is 48.6 Å². The first-order chi connectivity index (χ1) is 11.7. The number of aliphatic hydroxyl groups is 1. The summed E-state index contributed by atoms with van der Waals surface area (Å²) in [4.78, 5) is 2.40. The number of aromatic nitrogens is 1. The summed E-state index contributed by atoms with van der Waals surface area (Å²) in [6.45, 7) is 3.72. The fourth-order valence-corrected chi connectivity index (χ4v) is 4.39. The topological polar surface area (TPSA) is 58.7 Å². The minimum Gasteiger partial charge on any atom is -0.396 e. The van der Waals surface area contributed by atoms with Crippen molar-refractivity contribution in [2.24, 2.45) is 5.41 Å². The summed E-state index contributed by atoms with van der Waals surface area (Å²) >= 11 is 0. The maximum absolute atomic E-state index is 9.91. The second-order valence-corrected chi connectivity index (χ2v) is 7.77. The van der Waals surface area contributed by atoms with Crippen LogP contribution < -0.4 is 0 Å². The van der Waals surface area contributed by atoms with Crippen LogP contribution >= 0.6 is 0 Å². The summed E-state index contributed by atoms with van der Waals surface area (Å²) in [5, 5.41) is 14.2. The molecule has 1 aliphatic carbocycles. The molecule has 1 aromatic rings. The molecule has 0 amide bonds. The summed E-state index contributed by atoms with van der Waals surface area (Å²) in [6.07, 6.45) is 9.61. The molecule has 1 saturated carbocycles. The average Bonchev–Trinajstić information content (AvgIpc) is 3.09. The first kappa shape index (κ1) is 17.9.